The van der Waals surface area contributed by atoms with E-state index in [2.05, 4.69) is 29.6 Å². The van der Waals surface area contributed by atoms with Crippen LogP contribution >= 0.6 is 0 Å². The molecule has 3 N–H and O–H groups in total. The molecule has 0 unspecified atom stereocenters. The second-order valence-corrected chi connectivity index (χ2v) is 9.29. The summed E-state index contributed by atoms with van der Waals surface area (Å²) in [4.78, 5) is 12.5. The molecule has 0 atom stereocenters. The van der Waals surface area contributed by atoms with Gasteiger partial charge in [-0.2, -0.15) is 4.57 Å². The van der Waals surface area contributed by atoms with Crippen molar-refractivity contribution in [2.24, 2.45) is 5.14 Å². The molecule has 0 aliphatic heterocycles. The Labute approximate surface area is 193 Å². The molecule has 12 heteroatoms. The van der Waals surface area contributed by atoms with Crippen LogP contribution in [0.1, 0.15) is 11.4 Å². The first-order chi connectivity index (χ1) is 15.2. The van der Waals surface area contributed by atoms with Crippen molar-refractivity contribution in [3.05, 3.63) is 78.1 Å². The highest BCUT2D eigenvalue weighted by Gasteiger charge is 2.18. The lowest BCUT2D eigenvalue weighted by molar-refractivity contribution is -2.00. The standard InChI is InChI=1S/C21H21N3O3S.ClHO4/c1-15-12-18(17-6-4-3-5-7-17)13-16(2)24(15)14-21(25)23-19-8-10-20(11-9-19)28(22,26)27;2-1(3,4)5/h3-13H,14H2,1-2H3,(H2-,22,23,25,26,27);(H,2,3,4,5). The number of nitrogens with two attached hydrogens (primary N) is 1. The summed E-state index contributed by atoms with van der Waals surface area (Å²) in [7, 11) is -8.70. The molecule has 176 valence electrons. The Kier molecular flexibility index (Phi) is 8.63. The van der Waals surface area contributed by atoms with Crippen LogP contribution in [0.2, 0.25) is 0 Å². The minimum Gasteiger partial charge on any atom is -0.321 e. The number of aryl methyl sites for hydroxylation is 2. The molecule has 1 amide bonds. The molecule has 33 heavy (non-hydrogen) atoms. The number of primary sulfonamides is 1. The van der Waals surface area contributed by atoms with E-state index in [1.54, 1.807) is 0 Å². The van der Waals surface area contributed by atoms with E-state index in [-0.39, 0.29) is 17.3 Å². The number of sulfonamides is 1. The fraction of sp³-hybridized carbons (Fsp3) is 0.143. The van der Waals surface area contributed by atoms with E-state index in [9.17, 15) is 13.2 Å². The quantitative estimate of drug-likeness (QED) is 0.375. The first-order valence-electron chi connectivity index (χ1n) is 9.35. The molecule has 10 nitrogen and oxygen atoms in total. The highest BCUT2D eigenvalue weighted by atomic mass is 35.7. The molecule has 0 saturated heterocycles. The zero-order valence-corrected chi connectivity index (χ0v) is 19.3. The summed E-state index contributed by atoms with van der Waals surface area (Å²) in [5.74, 6) is -0.202. The predicted octanol–water partition coefficient (Wildman–Crippen LogP) is -2.21. The first kappa shape index (κ1) is 26.4. The van der Waals surface area contributed by atoms with Gasteiger partial charge in [0.2, 0.25) is 16.6 Å². The fourth-order valence-electron chi connectivity index (χ4n) is 3.04. The summed E-state index contributed by atoms with van der Waals surface area (Å²) in [5, 5.41) is 7.85. The van der Waals surface area contributed by atoms with Gasteiger partial charge in [0, 0.05) is 31.7 Å². The summed E-state index contributed by atoms with van der Waals surface area (Å²) in [6, 6.07) is 19.9. The maximum absolute atomic E-state index is 12.4. The number of nitrogens with zero attached hydrogens (tertiary/aromatic N) is 1. The lowest BCUT2D eigenvalue weighted by atomic mass is 10.0. The second-order valence-electron chi connectivity index (χ2n) is 6.97. The van der Waals surface area contributed by atoms with Crippen molar-refractivity contribution in [2.75, 3.05) is 5.32 Å². The van der Waals surface area contributed by atoms with Crippen LogP contribution in [0.15, 0.2) is 71.6 Å². The summed E-state index contributed by atoms with van der Waals surface area (Å²) in [5.41, 5.74) is 4.68. The number of nitrogens with one attached hydrogen (secondary N) is 1. The zero-order chi connectivity index (χ0) is 24.8. The Morgan fingerprint density at radius 3 is 1.85 bits per heavy atom. The molecule has 3 aromatic rings. The highest BCUT2D eigenvalue weighted by Crippen LogP contribution is 2.19. The van der Waals surface area contributed by atoms with E-state index in [0.717, 1.165) is 22.5 Å². The van der Waals surface area contributed by atoms with Crippen LogP contribution < -0.4 is 33.7 Å². The Morgan fingerprint density at radius 2 is 1.39 bits per heavy atom. The Bertz CT molecular complexity index is 1180. The Balaban J connectivity index is 0.000000696. The van der Waals surface area contributed by atoms with Gasteiger partial charge in [-0.05, 0) is 35.4 Å². The van der Waals surface area contributed by atoms with Crippen LogP contribution in [0.4, 0.5) is 5.69 Å². The molecule has 0 radical (unpaired) electrons. The van der Waals surface area contributed by atoms with Crippen LogP contribution in [0, 0.1) is 24.1 Å². The number of pyridine rings is 1. The van der Waals surface area contributed by atoms with Gasteiger partial charge >= 0.3 is 0 Å². The Morgan fingerprint density at radius 1 is 0.909 bits per heavy atom. The molecule has 2 aromatic carbocycles. The average molecular weight is 496 g/mol. The Hall–Kier alpha value is -2.90. The number of carbonyl (C=O) groups excluding carboxylic acids is 1. The summed E-state index contributed by atoms with van der Waals surface area (Å²) >= 11 is 0. The molecular formula is C21H22ClN3O7S. The van der Waals surface area contributed by atoms with Crippen molar-refractivity contribution in [2.45, 2.75) is 25.3 Å². The molecule has 1 heterocycles. The maximum Gasteiger partial charge on any atom is 0.290 e. The summed E-state index contributed by atoms with van der Waals surface area (Å²) < 4.78 is 58.5. The molecule has 0 aliphatic rings. The summed E-state index contributed by atoms with van der Waals surface area (Å²) in [6.07, 6.45) is 0. The number of hydrogen-bond acceptors (Lipinski definition) is 7. The van der Waals surface area contributed by atoms with E-state index < -0.39 is 20.3 Å². The molecule has 0 saturated carbocycles. The lowest BCUT2D eigenvalue weighted by Gasteiger charge is -2.17. The minimum atomic E-state index is -4.94. The number of benzene rings is 2. The van der Waals surface area contributed by atoms with Crippen LogP contribution in [0.5, 0.6) is 0 Å². The molecule has 0 aliphatic carbocycles. The zero-order valence-electron chi connectivity index (χ0n) is 17.7. The van der Waals surface area contributed by atoms with Crippen molar-refractivity contribution in [1.29, 1.82) is 0 Å². The van der Waals surface area contributed by atoms with Crippen molar-refractivity contribution >= 4 is 21.6 Å². The predicted molar refractivity (Wildman–Crippen MR) is 108 cm³/mol. The minimum absolute atomic E-state index is 0.00284. The molecular weight excluding hydrogens is 474 g/mol. The maximum atomic E-state index is 12.4. The average Bonchev–Trinajstić information content (AvgIpc) is 2.70. The van der Waals surface area contributed by atoms with Gasteiger partial charge in [-0.25, -0.2) is 32.2 Å². The van der Waals surface area contributed by atoms with Crippen molar-refractivity contribution < 1.29 is 46.7 Å². The number of carbonyl (C=O) groups is 1. The largest absolute Gasteiger partial charge is 0.321 e. The third-order valence-corrected chi connectivity index (χ3v) is 5.38. The molecule has 0 bridgehead atoms. The number of halogens is 1. The van der Waals surface area contributed by atoms with Gasteiger partial charge in [0.15, 0.2) is 11.4 Å². The van der Waals surface area contributed by atoms with Crippen molar-refractivity contribution in [1.82, 2.24) is 0 Å². The monoisotopic (exact) mass is 495 g/mol. The van der Waals surface area contributed by atoms with E-state index in [0.29, 0.717) is 5.69 Å². The van der Waals surface area contributed by atoms with Gasteiger partial charge in [-0.15, -0.1) is 10.2 Å². The SMILES string of the molecule is Cc1cc(-c2ccccc2)cc(C)[n+]1CC(=O)Nc1ccc(S(N)(=O)=O)cc1.[O-][Cl+3]([O-])([O-])[O-]. The van der Waals surface area contributed by atoms with Crippen LogP contribution in [0.3, 0.4) is 0 Å². The van der Waals surface area contributed by atoms with Gasteiger partial charge in [-0.1, -0.05) is 30.3 Å². The van der Waals surface area contributed by atoms with Gasteiger partial charge in [0.05, 0.1) is 4.90 Å². The lowest BCUT2D eigenvalue weighted by Crippen LogP contribution is -2.68. The van der Waals surface area contributed by atoms with Gasteiger partial charge in [0.25, 0.3) is 5.91 Å². The highest BCUT2D eigenvalue weighted by molar-refractivity contribution is 7.89. The van der Waals surface area contributed by atoms with Gasteiger partial charge in [0.1, 0.15) is 0 Å². The van der Waals surface area contributed by atoms with Crippen molar-refractivity contribution in [3.63, 3.8) is 0 Å². The van der Waals surface area contributed by atoms with Crippen LogP contribution in [-0.2, 0) is 21.4 Å². The van der Waals surface area contributed by atoms with Crippen LogP contribution in [0.25, 0.3) is 11.1 Å². The van der Waals surface area contributed by atoms with E-state index in [1.807, 2.05) is 36.6 Å². The molecule has 0 spiro atoms. The third kappa shape index (κ3) is 8.86. The fourth-order valence-corrected chi connectivity index (χ4v) is 3.56. The number of rotatable bonds is 5. The normalized spacial score (nSPS) is 11.4. The molecule has 3 rings (SSSR count). The number of anilines is 1. The number of amides is 1. The van der Waals surface area contributed by atoms with E-state index >= 15 is 0 Å². The number of aromatic nitrogens is 1. The molecule has 1 aromatic heterocycles. The van der Waals surface area contributed by atoms with Gasteiger partial charge in [-0.3, -0.25) is 4.79 Å². The van der Waals surface area contributed by atoms with Crippen molar-refractivity contribution in [3.8, 4) is 11.1 Å². The second kappa shape index (κ2) is 10.8. The summed E-state index contributed by atoms with van der Waals surface area (Å²) in [6.45, 7) is 4.09. The topological polar surface area (TPSA) is 185 Å². The third-order valence-electron chi connectivity index (χ3n) is 4.46. The smallest absolute Gasteiger partial charge is 0.290 e. The first-order valence-corrected chi connectivity index (χ1v) is 12.1. The van der Waals surface area contributed by atoms with E-state index in [4.69, 9.17) is 23.8 Å². The van der Waals surface area contributed by atoms with Gasteiger partial charge < -0.3 is 5.32 Å². The molecule has 0 fully saturated rings. The number of hydrogen-bond donors (Lipinski definition) is 2. The van der Waals surface area contributed by atoms with Crippen LogP contribution in [-0.4, -0.2) is 14.3 Å². The van der Waals surface area contributed by atoms with E-state index in [1.165, 1.54) is 24.3 Å².